The van der Waals surface area contributed by atoms with Crippen LogP contribution in [0.5, 0.6) is 0 Å². The predicted octanol–water partition coefficient (Wildman–Crippen LogP) is 2.97. The van der Waals surface area contributed by atoms with Crippen LogP contribution in [0.4, 0.5) is 0 Å². The molecule has 1 fully saturated rings. The van der Waals surface area contributed by atoms with E-state index in [0.29, 0.717) is 17.5 Å². The summed E-state index contributed by atoms with van der Waals surface area (Å²) in [5, 5.41) is 11.2. The Morgan fingerprint density at radius 3 is 2.79 bits per heavy atom. The number of aromatic nitrogens is 4. The van der Waals surface area contributed by atoms with Crippen molar-refractivity contribution in [3.05, 3.63) is 28.2 Å². The fraction of sp³-hybridized carbons (Fsp3) is 0.647. The van der Waals surface area contributed by atoms with Crippen LogP contribution in [0.25, 0.3) is 0 Å². The van der Waals surface area contributed by atoms with E-state index in [1.54, 1.807) is 17.7 Å². The second-order valence-electron chi connectivity index (χ2n) is 6.77. The number of nitrogens with zero attached hydrogens (tertiary/aromatic N) is 5. The lowest BCUT2D eigenvalue weighted by atomic mass is 9.95. The third-order valence-electron chi connectivity index (χ3n) is 4.49. The summed E-state index contributed by atoms with van der Waals surface area (Å²) in [5.74, 6) is 2.07. The van der Waals surface area contributed by atoms with Crippen molar-refractivity contribution >= 4 is 17.2 Å². The van der Waals surface area contributed by atoms with Crippen molar-refractivity contribution in [3.63, 3.8) is 0 Å². The highest BCUT2D eigenvalue weighted by Gasteiger charge is 2.28. The van der Waals surface area contributed by atoms with Gasteiger partial charge in [-0.2, -0.15) is 0 Å². The van der Waals surface area contributed by atoms with Gasteiger partial charge in [0.05, 0.1) is 5.01 Å². The third kappa shape index (κ3) is 3.66. The monoisotopic (exact) mass is 347 g/mol. The average molecular weight is 347 g/mol. The lowest BCUT2D eigenvalue weighted by molar-refractivity contribution is 0.0705. The average Bonchev–Trinajstić information content (AvgIpc) is 3.22. The standard InChI is InChI=1S/C17H25N5OS/c1-4-21-11-18-20-16(21)13-5-7-22(8-6-13)17(23)14-10-24-15(19-14)9-12(2)3/h10-13H,4-9H2,1-3H3. The molecule has 3 rings (SSSR count). The number of rotatable bonds is 5. The Morgan fingerprint density at radius 2 is 2.12 bits per heavy atom. The number of carbonyl (C=O) groups excluding carboxylic acids is 1. The normalized spacial score (nSPS) is 16.1. The van der Waals surface area contributed by atoms with Crippen LogP contribution in [-0.2, 0) is 13.0 Å². The van der Waals surface area contributed by atoms with Gasteiger partial charge in [-0.25, -0.2) is 4.98 Å². The van der Waals surface area contributed by atoms with Gasteiger partial charge in [-0.05, 0) is 25.7 Å². The lowest BCUT2D eigenvalue weighted by Gasteiger charge is -2.31. The quantitative estimate of drug-likeness (QED) is 0.834. The van der Waals surface area contributed by atoms with Crippen molar-refractivity contribution in [1.82, 2.24) is 24.6 Å². The molecular formula is C17H25N5OS. The molecule has 1 aliphatic rings. The van der Waals surface area contributed by atoms with Gasteiger partial charge in [-0.3, -0.25) is 4.79 Å². The maximum Gasteiger partial charge on any atom is 0.273 e. The first-order valence-electron chi connectivity index (χ1n) is 8.69. The van der Waals surface area contributed by atoms with E-state index < -0.39 is 0 Å². The Labute approximate surface area is 146 Å². The molecule has 1 saturated heterocycles. The first-order chi connectivity index (χ1) is 11.6. The molecule has 0 unspecified atom stereocenters. The van der Waals surface area contributed by atoms with Gasteiger partial charge in [-0.1, -0.05) is 13.8 Å². The number of piperidine rings is 1. The Kier molecular flexibility index (Phi) is 5.28. The molecule has 0 N–H and O–H groups in total. The smallest absolute Gasteiger partial charge is 0.273 e. The first kappa shape index (κ1) is 17.1. The summed E-state index contributed by atoms with van der Waals surface area (Å²) >= 11 is 1.59. The highest BCUT2D eigenvalue weighted by Crippen LogP contribution is 2.27. The van der Waals surface area contributed by atoms with Crippen LogP contribution in [0, 0.1) is 5.92 Å². The lowest BCUT2D eigenvalue weighted by Crippen LogP contribution is -2.38. The second-order valence-corrected chi connectivity index (χ2v) is 7.71. The molecule has 24 heavy (non-hydrogen) atoms. The fourth-order valence-corrected chi connectivity index (χ4v) is 4.16. The molecule has 2 aromatic heterocycles. The van der Waals surface area contributed by atoms with E-state index in [9.17, 15) is 4.79 Å². The van der Waals surface area contributed by atoms with Crippen molar-refractivity contribution in [3.8, 4) is 0 Å². The minimum Gasteiger partial charge on any atom is -0.337 e. The molecule has 0 radical (unpaired) electrons. The molecule has 0 spiro atoms. The molecule has 0 aromatic carbocycles. The van der Waals surface area contributed by atoms with Gasteiger partial charge in [0.2, 0.25) is 0 Å². The number of amides is 1. The number of hydrogen-bond donors (Lipinski definition) is 0. The Bertz CT molecular complexity index is 685. The number of likely N-dealkylation sites (tertiary alicyclic amines) is 1. The van der Waals surface area contributed by atoms with Gasteiger partial charge >= 0.3 is 0 Å². The summed E-state index contributed by atoms with van der Waals surface area (Å²) in [5.41, 5.74) is 0.603. The van der Waals surface area contributed by atoms with Crippen LogP contribution in [0.15, 0.2) is 11.7 Å². The first-order valence-corrected chi connectivity index (χ1v) is 9.57. The SMILES string of the molecule is CCn1cnnc1C1CCN(C(=O)c2csc(CC(C)C)n2)CC1. The number of carbonyl (C=O) groups is 1. The Morgan fingerprint density at radius 1 is 1.38 bits per heavy atom. The molecule has 2 aromatic rings. The van der Waals surface area contributed by atoms with Crippen LogP contribution >= 0.6 is 11.3 Å². The van der Waals surface area contributed by atoms with Crippen LogP contribution < -0.4 is 0 Å². The number of hydrogen-bond acceptors (Lipinski definition) is 5. The number of aryl methyl sites for hydroxylation is 1. The maximum atomic E-state index is 12.7. The van der Waals surface area contributed by atoms with Gasteiger partial charge in [0, 0.05) is 37.4 Å². The van der Waals surface area contributed by atoms with Gasteiger partial charge in [-0.15, -0.1) is 21.5 Å². The molecule has 3 heterocycles. The summed E-state index contributed by atoms with van der Waals surface area (Å²) in [4.78, 5) is 19.1. The van der Waals surface area contributed by atoms with Crippen molar-refractivity contribution in [1.29, 1.82) is 0 Å². The highest BCUT2D eigenvalue weighted by atomic mass is 32.1. The zero-order valence-electron chi connectivity index (χ0n) is 14.6. The summed E-state index contributed by atoms with van der Waals surface area (Å²) in [6.07, 6.45) is 4.60. The molecule has 0 aliphatic carbocycles. The van der Waals surface area contributed by atoms with Gasteiger partial charge < -0.3 is 9.47 Å². The molecule has 0 atom stereocenters. The molecule has 1 amide bonds. The van der Waals surface area contributed by atoms with Crippen molar-refractivity contribution in [2.24, 2.45) is 5.92 Å². The summed E-state index contributed by atoms with van der Waals surface area (Å²) < 4.78 is 2.10. The Balaban J connectivity index is 1.60. The van der Waals surface area contributed by atoms with E-state index in [0.717, 1.165) is 49.7 Å². The summed E-state index contributed by atoms with van der Waals surface area (Å²) in [6, 6.07) is 0. The maximum absolute atomic E-state index is 12.7. The molecule has 0 bridgehead atoms. The topological polar surface area (TPSA) is 63.9 Å². The Hall–Kier alpha value is -1.76. The second kappa shape index (κ2) is 7.42. The molecule has 7 heteroatoms. The van der Waals surface area contributed by atoms with Crippen molar-refractivity contribution in [2.75, 3.05) is 13.1 Å². The molecule has 130 valence electrons. The van der Waals surface area contributed by atoms with Crippen LogP contribution in [0.1, 0.15) is 60.9 Å². The van der Waals surface area contributed by atoms with Crippen molar-refractivity contribution in [2.45, 2.75) is 52.5 Å². The van der Waals surface area contributed by atoms with Crippen LogP contribution in [0.2, 0.25) is 0 Å². The van der Waals surface area contributed by atoms with E-state index in [1.165, 1.54) is 0 Å². The molecular weight excluding hydrogens is 322 g/mol. The number of thiazole rings is 1. The van der Waals surface area contributed by atoms with E-state index in [2.05, 4.69) is 40.5 Å². The largest absolute Gasteiger partial charge is 0.337 e. The summed E-state index contributed by atoms with van der Waals surface area (Å²) in [6.45, 7) is 8.85. The summed E-state index contributed by atoms with van der Waals surface area (Å²) in [7, 11) is 0. The van der Waals surface area contributed by atoms with E-state index in [-0.39, 0.29) is 5.91 Å². The predicted molar refractivity (Wildman–Crippen MR) is 94.2 cm³/mol. The van der Waals surface area contributed by atoms with E-state index >= 15 is 0 Å². The molecule has 0 saturated carbocycles. The minimum atomic E-state index is 0.0664. The fourth-order valence-electron chi connectivity index (χ4n) is 3.18. The highest BCUT2D eigenvalue weighted by molar-refractivity contribution is 7.09. The van der Waals surface area contributed by atoms with E-state index in [1.807, 2.05) is 10.3 Å². The van der Waals surface area contributed by atoms with Gasteiger partial charge in [0.1, 0.15) is 17.8 Å². The molecule has 1 aliphatic heterocycles. The van der Waals surface area contributed by atoms with Gasteiger partial charge in [0.15, 0.2) is 0 Å². The van der Waals surface area contributed by atoms with E-state index in [4.69, 9.17) is 0 Å². The zero-order valence-corrected chi connectivity index (χ0v) is 15.4. The zero-order chi connectivity index (χ0) is 17.1. The van der Waals surface area contributed by atoms with Crippen LogP contribution in [-0.4, -0.2) is 43.6 Å². The van der Waals surface area contributed by atoms with Crippen molar-refractivity contribution < 1.29 is 4.79 Å². The molecule has 6 nitrogen and oxygen atoms in total. The van der Waals surface area contributed by atoms with Crippen LogP contribution in [0.3, 0.4) is 0 Å². The third-order valence-corrected chi connectivity index (χ3v) is 5.36. The van der Waals surface area contributed by atoms with Gasteiger partial charge in [0.25, 0.3) is 5.91 Å². The minimum absolute atomic E-state index is 0.0664.